The number of hydroxylamine groups is 1. The van der Waals surface area contributed by atoms with Crippen molar-refractivity contribution in [2.45, 2.75) is 26.4 Å². The van der Waals surface area contributed by atoms with Crippen molar-refractivity contribution in [2.24, 2.45) is 0 Å². The summed E-state index contributed by atoms with van der Waals surface area (Å²) in [6.45, 7) is 3.89. The number of carbonyl (C=O) groups is 4. The Labute approximate surface area is 127 Å². The quantitative estimate of drug-likeness (QED) is 0.398. The minimum Gasteiger partial charge on any atom is -0.468 e. The van der Waals surface area contributed by atoms with Gasteiger partial charge < -0.3 is 20.1 Å². The summed E-state index contributed by atoms with van der Waals surface area (Å²) >= 11 is 0. The highest BCUT2D eigenvalue weighted by Crippen LogP contribution is 2.06. The Morgan fingerprint density at radius 2 is 1.55 bits per heavy atom. The molecule has 0 aliphatic heterocycles. The van der Waals surface area contributed by atoms with E-state index in [0.29, 0.717) is 0 Å². The maximum atomic E-state index is 11.3. The van der Waals surface area contributed by atoms with Gasteiger partial charge >= 0.3 is 12.1 Å². The van der Waals surface area contributed by atoms with E-state index in [2.05, 4.69) is 20.2 Å². The smallest absolute Gasteiger partial charge is 0.431 e. The molecular formula is C12H21N3O7. The van der Waals surface area contributed by atoms with Crippen molar-refractivity contribution in [2.75, 3.05) is 26.8 Å². The van der Waals surface area contributed by atoms with Crippen molar-refractivity contribution in [3.63, 3.8) is 0 Å². The molecular weight excluding hydrogens is 298 g/mol. The molecule has 0 rings (SSSR count). The van der Waals surface area contributed by atoms with Gasteiger partial charge in [-0.3, -0.25) is 19.2 Å². The third kappa shape index (κ3) is 11.5. The maximum absolute atomic E-state index is 11.3. The molecule has 0 aromatic heterocycles. The van der Waals surface area contributed by atoms with Crippen molar-refractivity contribution >= 4 is 23.9 Å². The Hall–Kier alpha value is -2.36. The molecule has 126 valence electrons. The van der Waals surface area contributed by atoms with Gasteiger partial charge in [-0.1, -0.05) is 0 Å². The summed E-state index contributed by atoms with van der Waals surface area (Å²) in [4.78, 5) is 49.1. The first kappa shape index (κ1) is 19.6. The summed E-state index contributed by atoms with van der Waals surface area (Å²) in [6.07, 6.45) is -0.837. The maximum Gasteiger partial charge on any atom is 0.431 e. The van der Waals surface area contributed by atoms with Gasteiger partial charge in [-0.25, -0.2) is 4.79 Å². The largest absolute Gasteiger partial charge is 0.468 e. The number of carbonyl (C=O) groups excluding carboxylic acids is 4. The molecule has 22 heavy (non-hydrogen) atoms. The van der Waals surface area contributed by atoms with Crippen LogP contribution in [0, 0.1) is 0 Å². The first-order valence-corrected chi connectivity index (χ1v) is 6.35. The average molecular weight is 319 g/mol. The normalized spacial score (nSPS) is 10.4. The highest BCUT2D eigenvalue weighted by Gasteiger charge is 2.16. The highest BCUT2D eigenvalue weighted by molar-refractivity contribution is 5.87. The number of nitrogens with one attached hydrogen (secondary N) is 3. The third-order valence-corrected chi connectivity index (χ3v) is 1.86. The number of ether oxygens (including phenoxy) is 2. The van der Waals surface area contributed by atoms with Crippen LogP contribution in [-0.4, -0.2) is 56.3 Å². The van der Waals surface area contributed by atoms with Crippen LogP contribution >= 0.6 is 0 Å². The fraction of sp³-hybridized carbons (Fsp3) is 0.667. The second kappa shape index (κ2) is 9.55. The first-order chi connectivity index (χ1) is 10.1. The molecule has 0 spiro atoms. The molecule has 0 aliphatic rings. The zero-order valence-electron chi connectivity index (χ0n) is 13.0. The van der Waals surface area contributed by atoms with Crippen LogP contribution in [0.15, 0.2) is 0 Å². The molecule has 0 radical (unpaired) electrons. The first-order valence-electron chi connectivity index (χ1n) is 6.35. The van der Waals surface area contributed by atoms with Crippen molar-refractivity contribution in [3.8, 4) is 0 Å². The second-order valence-electron chi connectivity index (χ2n) is 5.02. The molecule has 0 bridgehead atoms. The lowest BCUT2D eigenvalue weighted by Gasteiger charge is -2.19. The number of hydrogen-bond acceptors (Lipinski definition) is 7. The van der Waals surface area contributed by atoms with Crippen LogP contribution in [0.2, 0.25) is 0 Å². The van der Waals surface area contributed by atoms with E-state index in [0.717, 1.165) is 0 Å². The Morgan fingerprint density at radius 1 is 0.955 bits per heavy atom. The third-order valence-electron chi connectivity index (χ3n) is 1.86. The van der Waals surface area contributed by atoms with E-state index in [1.807, 2.05) is 5.48 Å². The van der Waals surface area contributed by atoms with Crippen molar-refractivity contribution < 1.29 is 33.5 Å². The number of hydrogen-bond donors (Lipinski definition) is 3. The molecule has 3 N–H and O–H groups in total. The van der Waals surface area contributed by atoms with Crippen LogP contribution in [0.4, 0.5) is 4.79 Å². The van der Waals surface area contributed by atoms with Gasteiger partial charge in [0.15, 0.2) is 6.61 Å². The molecule has 0 saturated heterocycles. The van der Waals surface area contributed by atoms with Crippen LogP contribution in [-0.2, 0) is 28.7 Å². The molecule has 10 nitrogen and oxygen atoms in total. The topological polar surface area (TPSA) is 132 Å². The lowest BCUT2D eigenvalue weighted by Crippen LogP contribution is -2.41. The fourth-order valence-electron chi connectivity index (χ4n) is 0.995. The second-order valence-corrected chi connectivity index (χ2v) is 5.02. The van der Waals surface area contributed by atoms with Crippen LogP contribution in [0.25, 0.3) is 0 Å². The SMILES string of the molecule is COC(=O)CNC(=O)CNC(=O)CONC(=O)OC(C)(C)C. The fourth-order valence-corrected chi connectivity index (χ4v) is 0.995. The van der Waals surface area contributed by atoms with Crippen LogP contribution in [0.5, 0.6) is 0 Å². The van der Waals surface area contributed by atoms with E-state index in [4.69, 9.17) is 4.74 Å². The Bertz CT molecular complexity index is 417. The van der Waals surface area contributed by atoms with Crippen molar-refractivity contribution in [1.29, 1.82) is 0 Å². The molecule has 0 atom stereocenters. The van der Waals surface area contributed by atoms with Gasteiger partial charge in [0, 0.05) is 0 Å². The van der Waals surface area contributed by atoms with E-state index in [9.17, 15) is 19.2 Å². The minimum atomic E-state index is -0.837. The van der Waals surface area contributed by atoms with Crippen LogP contribution in [0.1, 0.15) is 20.8 Å². The van der Waals surface area contributed by atoms with E-state index in [1.54, 1.807) is 20.8 Å². The van der Waals surface area contributed by atoms with E-state index >= 15 is 0 Å². The number of amides is 3. The molecule has 0 aromatic carbocycles. The van der Waals surface area contributed by atoms with Gasteiger partial charge in [0.25, 0.3) is 0 Å². The molecule has 0 heterocycles. The summed E-state index contributed by atoms with van der Waals surface area (Å²) in [5.41, 5.74) is 1.23. The average Bonchev–Trinajstić information content (AvgIpc) is 2.40. The minimum absolute atomic E-state index is 0.290. The molecule has 10 heteroatoms. The molecule has 0 saturated carbocycles. The molecule has 0 aromatic rings. The van der Waals surface area contributed by atoms with E-state index < -0.39 is 36.1 Å². The Kier molecular flexibility index (Phi) is 8.53. The Morgan fingerprint density at radius 3 is 2.09 bits per heavy atom. The Balaban J connectivity index is 3.76. The van der Waals surface area contributed by atoms with E-state index in [1.165, 1.54) is 7.11 Å². The van der Waals surface area contributed by atoms with Crippen molar-refractivity contribution in [1.82, 2.24) is 16.1 Å². The number of rotatable bonds is 7. The zero-order valence-corrected chi connectivity index (χ0v) is 13.0. The highest BCUT2D eigenvalue weighted by atomic mass is 16.7. The zero-order chi connectivity index (χ0) is 17.2. The monoisotopic (exact) mass is 319 g/mol. The van der Waals surface area contributed by atoms with Gasteiger partial charge in [-0.15, -0.1) is 0 Å². The molecule has 3 amide bonds. The summed E-state index contributed by atoms with van der Waals surface area (Å²) < 4.78 is 9.19. The summed E-state index contributed by atoms with van der Waals surface area (Å²) in [5.74, 6) is -1.81. The van der Waals surface area contributed by atoms with Gasteiger partial charge in [-0.2, -0.15) is 5.48 Å². The lowest BCUT2D eigenvalue weighted by atomic mass is 10.2. The molecule has 0 unspecified atom stereocenters. The summed E-state index contributed by atoms with van der Waals surface area (Å²) in [5, 5.41) is 4.46. The van der Waals surface area contributed by atoms with Crippen molar-refractivity contribution in [3.05, 3.63) is 0 Å². The molecule has 0 fully saturated rings. The van der Waals surface area contributed by atoms with Gasteiger partial charge in [0.2, 0.25) is 11.8 Å². The summed E-state index contributed by atoms with van der Waals surface area (Å²) in [6, 6.07) is 0. The predicted molar refractivity (Wildman–Crippen MR) is 73.4 cm³/mol. The lowest BCUT2D eigenvalue weighted by molar-refractivity contribution is -0.141. The van der Waals surface area contributed by atoms with E-state index in [-0.39, 0.29) is 13.1 Å². The van der Waals surface area contributed by atoms with Crippen LogP contribution in [0.3, 0.4) is 0 Å². The standard InChI is InChI=1S/C12H21N3O7/c1-12(2,3)22-11(19)15-21-7-9(17)13-5-8(16)14-6-10(18)20-4/h5-7H2,1-4H3,(H,13,17)(H,14,16)(H,15,19). The van der Waals surface area contributed by atoms with Gasteiger partial charge in [0.1, 0.15) is 12.1 Å². The number of esters is 1. The summed E-state index contributed by atoms with van der Waals surface area (Å²) in [7, 11) is 1.19. The number of methoxy groups -OCH3 is 1. The van der Waals surface area contributed by atoms with Crippen LogP contribution < -0.4 is 16.1 Å². The van der Waals surface area contributed by atoms with Gasteiger partial charge in [-0.05, 0) is 20.8 Å². The van der Waals surface area contributed by atoms with Gasteiger partial charge in [0.05, 0.1) is 13.7 Å². The predicted octanol–water partition coefficient (Wildman–Crippen LogP) is -1.15. The molecule has 0 aliphatic carbocycles.